The Hall–Kier alpha value is -0.660. The topological polar surface area (TPSA) is 64.8 Å². The molecule has 2 aromatic heterocycles. The number of hydrogen-bond donors (Lipinski definition) is 0. The van der Waals surface area contributed by atoms with Crippen molar-refractivity contribution in [3.05, 3.63) is 22.6 Å². The van der Waals surface area contributed by atoms with Crippen LogP contribution in [0.25, 0.3) is 11.2 Å². The molecule has 0 radical (unpaired) electrons. The second-order valence-corrected chi connectivity index (χ2v) is 9.51. The number of sulfone groups is 1. The lowest BCUT2D eigenvalue weighted by Gasteiger charge is -2.27. The van der Waals surface area contributed by atoms with Crippen molar-refractivity contribution in [2.75, 3.05) is 11.5 Å². The molecule has 2 atom stereocenters. The standard InChI is InChI=1S/C13H15BrClN3O2S/c1-8(15)11-17-10-5-9(14)6-16-12(10)18(11)13(2)3-4-21(19,20)7-13/h5-6,8H,3-4,7H2,1-2H3. The first-order valence-electron chi connectivity index (χ1n) is 6.61. The largest absolute Gasteiger partial charge is 0.304 e. The van der Waals surface area contributed by atoms with E-state index >= 15 is 0 Å². The van der Waals surface area contributed by atoms with Gasteiger partial charge in [0.2, 0.25) is 0 Å². The van der Waals surface area contributed by atoms with Crippen molar-refractivity contribution in [1.29, 1.82) is 0 Å². The van der Waals surface area contributed by atoms with Gasteiger partial charge in [0.25, 0.3) is 0 Å². The number of imidazole rings is 1. The Morgan fingerprint density at radius 3 is 2.81 bits per heavy atom. The van der Waals surface area contributed by atoms with E-state index in [-0.39, 0.29) is 16.9 Å². The molecule has 0 saturated carbocycles. The Bertz CT molecular complexity index is 818. The summed E-state index contributed by atoms with van der Waals surface area (Å²) in [7, 11) is -3.03. The van der Waals surface area contributed by atoms with Crippen LogP contribution in [0, 0.1) is 0 Å². The fraction of sp³-hybridized carbons (Fsp3) is 0.538. The maximum Gasteiger partial charge on any atom is 0.160 e. The lowest BCUT2D eigenvalue weighted by Crippen LogP contribution is -2.33. The highest BCUT2D eigenvalue weighted by Crippen LogP contribution is 2.37. The van der Waals surface area contributed by atoms with Gasteiger partial charge < -0.3 is 4.57 Å². The Labute approximate surface area is 136 Å². The average molecular weight is 393 g/mol. The molecule has 5 nitrogen and oxygen atoms in total. The van der Waals surface area contributed by atoms with Crippen LogP contribution in [-0.2, 0) is 15.4 Å². The van der Waals surface area contributed by atoms with Crippen molar-refractivity contribution in [1.82, 2.24) is 14.5 Å². The van der Waals surface area contributed by atoms with Gasteiger partial charge >= 0.3 is 0 Å². The fourth-order valence-corrected chi connectivity index (χ4v) is 5.51. The summed E-state index contributed by atoms with van der Waals surface area (Å²) < 4.78 is 26.6. The number of halogens is 2. The van der Waals surface area contributed by atoms with E-state index in [4.69, 9.17) is 11.6 Å². The fourth-order valence-electron chi connectivity index (χ4n) is 2.93. The van der Waals surface area contributed by atoms with Gasteiger partial charge in [-0.2, -0.15) is 0 Å². The van der Waals surface area contributed by atoms with Crippen molar-refractivity contribution in [2.45, 2.75) is 31.2 Å². The molecule has 1 aliphatic heterocycles. The Morgan fingerprint density at radius 1 is 1.52 bits per heavy atom. The van der Waals surface area contributed by atoms with Gasteiger partial charge in [0.1, 0.15) is 11.3 Å². The molecule has 114 valence electrons. The molecular formula is C13H15BrClN3O2S. The minimum Gasteiger partial charge on any atom is -0.304 e. The van der Waals surface area contributed by atoms with Gasteiger partial charge in [0.15, 0.2) is 15.5 Å². The molecule has 0 amide bonds. The van der Waals surface area contributed by atoms with E-state index in [9.17, 15) is 8.42 Å². The summed E-state index contributed by atoms with van der Waals surface area (Å²) in [6, 6.07) is 1.87. The van der Waals surface area contributed by atoms with Crippen LogP contribution in [0.1, 0.15) is 31.5 Å². The summed E-state index contributed by atoms with van der Waals surface area (Å²) in [5, 5.41) is -0.321. The predicted octanol–water partition coefficient (Wildman–Crippen LogP) is 3.03. The lowest BCUT2D eigenvalue weighted by molar-refractivity contribution is 0.361. The maximum atomic E-state index is 11.9. The van der Waals surface area contributed by atoms with E-state index in [1.807, 2.05) is 24.5 Å². The van der Waals surface area contributed by atoms with Gasteiger partial charge in [-0.15, -0.1) is 11.6 Å². The summed E-state index contributed by atoms with van der Waals surface area (Å²) >= 11 is 9.64. The molecule has 0 N–H and O–H groups in total. The van der Waals surface area contributed by atoms with Gasteiger partial charge in [0, 0.05) is 10.7 Å². The van der Waals surface area contributed by atoms with Crippen molar-refractivity contribution in [2.24, 2.45) is 0 Å². The third-order valence-electron chi connectivity index (χ3n) is 3.87. The quantitative estimate of drug-likeness (QED) is 0.737. The minimum absolute atomic E-state index is 0.0970. The Morgan fingerprint density at radius 2 is 2.24 bits per heavy atom. The van der Waals surface area contributed by atoms with Crippen LogP contribution in [0.3, 0.4) is 0 Å². The van der Waals surface area contributed by atoms with Crippen LogP contribution in [-0.4, -0.2) is 34.5 Å². The summed E-state index contributed by atoms with van der Waals surface area (Å²) in [4.78, 5) is 8.98. The summed E-state index contributed by atoms with van der Waals surface area (Å²) in [5.74, 6) is 0.951. The molecule has 3 heterocycles. The second-order valence-electron chi connectivity index (χ2n) is 5.76. The molecule has 21 heavy (non-hydrogen) atoms. The number of alkyl halides is 1. The van der Waals surface area contributed by atoms with Crippen molar-refractivity contribution in [3.63, 3.8) is 0 Å². The summed E-state index contributed by atoms with van der Waals surface area (Å²) in [6.07, 6.45) is 2.24. The molecule has 1 fully saturated rings. The van der Waals surface area contributed by atoms with Crippen molar-refractivity contribution < 1.29 is 8.42 Å². The van der Waals surface area contributed by atoms with E-state index in [1.54, 1.807) is 6.20 Å². The van der Waals surface area contributed by atoms with Crippen LogP contribution in [0.15, 0.2) is 16.7 Å². The minimum atomic E-state index is -3.03. The molecule has 0 spiro atoms. The molecule has 2 unspecified atom stereocenters. The van der Waals surface area contributed by atoms with E-state index < -0.39 is 15.4 Å². The molecule has 0 aliphatic carbocycles. The molecule has 8 heteroatoms. The molecular weight excluding hydrogens is 378 g/mol. The lowest BCUT2D eigenvalue weighted by atomic mass is 10.0. The smallest absolute Gasteiger partial charge is 0.160 e. The van der Waals surface area contributed by atoms with E-state index in [1.165, 1.54) is 0 Å². The zero-order valence-electron chi connectivity index (χ0n) is 11.7. The van der Waals surface area contributed by atoms with Gasteiger partial charge in [0.05, 0.1) is 22.4 Å². The average Bonchev–Trinajstić information content (AvgIpc) is 2.87. The third-order valence-corrected chi connectivity index (χ3v) is 6.38. The first-order valence-corrected chi connectivity index (χ1v) is 9.66. The SMILES string of the molecule is CC(Cl)c1nc2cc(Br)cnc2n1C1(C)CCS(=O)(=O)C1. The molecule has 2 aromatic rings. The van der Waals surface area contributed by atoms with Crippen molar-refractivity contribution >= 4 is 48.5 Å². The highest BCUT2D eigenvalue weighted by atomic mass is 79.9. The van der Waals surface area contributed by atoms with E-state index in [2.05, 4.69) is 25.9 Å². The van der Waals surface area contributed by atoms with Gasteiger partial charge in [-0.1, -0.05) is 0 Å². The number of hydrogen-bond acceptors (Lipinski definition) is 4. The Balaban J connectivity index is 2.28. The third kappa shape index (κ3) is 2.59. The normalized spacial score (nSPS) is 26.3. The first-order chi connectivity index (χ1) is 9.72. The zero-order chi connectivity index (χ0) is 15.4. The van der Waals surface area contributed by atoms with E-state index in [0.717, 1.165) is 9.99 Å². The highest BCUT2D eigenvalue weighted by molar-refractivity contribution is 9.10. The zero-order valence-corrected chi connectivity index (χ0v) is 14.8. The highest BCUT2D eigenvalue weighted by Gasteiger charge is 2.42. The molecule has 1 saturated heterocycles. The maximum absolute atomic E-state index is 11.9. The van der Waals surface area contributed by atoms with Crippen LogP contribution in [0.2, 0.25) is 0 Å². The second kappa shape index (κ2) is 4.93. The van der Waals surface area contributed by atoms with Crippen LogP contribution in [0.4, 0.5) is 0 Å². The number of aromatic nitrogens is 3. The predicted molar refractivity (Wildman–Crippen MR) is 86.4 cm³/mol. The number of fused-ring (bicyclic) bond motifs is 1. The Kier molecular flexibility index (Phi) is 3.58. The van der Waals surface area contributed by atoms with Gasteiger partial charge in [-0.25, -0.2) is 18.4 Å². The van der Waals surface area contributed by atoms with Gasteiger partial charge in [-0.05, 0) is 42.3 Å². The number of nitrogens with zero attached hydrogens (tertiary/aromatic N) is 3. The molecule has 0 bridgehead atoms. The molecule has 3 rings (SSSR count). The monoisotopic (exact) mass is 391 g/mol. The number of pyridine rings is 1. The van der Waals surface area contributed by atoms with Crippen LogP contribution in [0.5, 0.6) is 0 Å². The molecule has 0 aromatic carbocycles. The molecule has 1 aliphatic rings. The first kappa shape index (κ1) is 15.2. The number of rotatable bonds is 2. The van der Waals surface area contributed by atoms with E-state index in [0.29, 0.717) is 17.9 Å². The summed E-state index contributed by atoms with van der Waals surface area (Å²) in [5.41, 5.74) is 0.852. The van der Waals surface area contributed by atoms with Crippen molar-refractivity contribution in [3.8, 4) is 0 Å². The van der Waals surface area contributed by atoms with Crippen LogP contribution >= 0.6 is 27.5 Å². The van der Waals surface area contributed by atoms with Gasteiger partial charge in [-0.3, -0.25) is 0 Å². The van der Waals surface area contributed by atoms with Crippen LogP contribution < -0.4 is 0 Å². The summed E-state index contributed by atoms with van der Waals surface area (Å²) in [6.45, 7) is 3.77.